The average molecular weight is 481 g/mol. The minimum absolute atomic E-state index is 0.00114. The number of nitrogens with zero attached hydrogens (tertiary/aromatic N) is 3. The zero-order valence-electron chi connectivity index (χ0n) is 20.3. The molecular formula is C28H24N4O4. The number of hydrogen-bond donors (Lipinski definition) is 1. The molecule has 2 aromatic heterocycles. The Morgan fingerprint density at radius 3 is 2.50 bits per heavy atom. The number of amides is 1. The van der Waals surface area contributed by atoms with Crippen molar-refractivity contribution < 1.29 is 14.3 Å². The number of rotatable bonds is 6. The maximum Gasteiger partial charge on any atom is 0.269 e. The molecule has 1 N–H and O–H groups in total. The van der Waals surface area contributed by atoms with E-state index in [1.54, 1.807) is 36.5 Å². The second kappa shape index (κ2) is 10.2. The fourth-order valence-corrected chi connectivity index (χ4v) is 3.79. The minimum atomic E-state index is -0.683. The third-order valence-corrected chi connectivity index (χ3v) is 5.44. The van der Waals surface area contributed by atoms with Gasteiger partial charge in [-0.3, -0.25) is 14.0 Å². The second-order valence-electron chi connectivity index (χ2n) is 8.30. The van der Waals surface area contributed by atoms with Crippen molar-refractivity contribution in [2.45, 2.75) is 20.8 Å². The third-order valence-electron chi connectivity index (χ3n) is 5.44. The SMILES string of the molecule is COc1cccc(NC(=O)/C(C#N)=C\c2c(Oc3cc(C)cc(C)c3)nc3c(C)cccn3c2=O)c1. The largest absolute Gasteiger partial charge is 0.497 e. The highest BCUT2D eigenvalue weighted by molar-refractivity contribution is 6.09. The number of hydrogen-bond acceptors (Lipinski definition) is 6. The van der Waals surface area contributed by atoms with E-state index in [0.29, 0.717) is 22.8 Å². The summed E-state index contributed by atoms with van der Waals surface area (Å²) in [6.07, 6.45) is 2.79. The molecule has 0 atom stereocenters. The predicted molar refractivity (Wildman–Crippen MR) is 137 cm³/mol. The van der Waals surface area contributed by atoms with Crippen LogP contribution in [0.4, 0.5) is 5.69 Å². The number of fused-ring (bicyclic) bond motifs is 1. The number of pyridine rings is 1. The lowest BCUT2D eigenvalue weighted by Crippen LogP contribution is -2.20. The zero-order chi connectivity index (χ0) is 25.8. The molecule has 180 valence electrons. The fourth-order valence-electron chi connectivity index (χ4n) is 3.79. The highest BCUT2D eigenvalue weighted by atomic mass is 16.5. The van der Waals surface area contributed by atoms with Crippen molar-refractivity contribution in [3.05, 3.63) is 99.0 Å². The van der Waals surface area contributed by atoms with Gasteiger partial charge in [0.05, 0.1) is 7.11 Å². The first-order valence-corrected chi connectivity index (χ1v) is 11.1. The lowest BCUT2D eigenvalue weighted by molar-refractivity contribution is -0.112. The number of benzene rings is 2. The highest BCUT2D eigenvalue weighted by Gasteiger charge is 2.18. The van der Waals surface area contributed by atoms with Crippen LogP contribution in [0.1, 0.15) is 22.3 Å². The molecule has 0 saturated heterocycles. The van der Waals surface area contributed by atoms with Crippen molar-refractivity contribution in [2.24, 2.45) is 0 Å². The molecule has 2 aromatic carbocycles. The molecule has 0 bridgehead atoms. The van der Waals surface area contributed by atoms with E-state index in [1.807, 2.05) is 51.1 Å². The molecule has 1 amide bonds. The van der Waals surface area contributed by atoms with Crippen LogP contribution >= 0.6 is 0 Å². The van der Waals surface area contributed by atoms with Gasteiger partial charge in [-0.1, -0.05) is 18.2 Å². The molecule has 0 unspecified atom stereocenters. The van der Waals surface area contributed by atoms with E-state index in [0.717, 1.165) is 16.7 Å². The second-order valence-corrected chi connectivity index (χ2v) is 8.30. The van der Waals surface area contributed by atoms with Crippen LogP contribution < -0.4 is 20.3 Å². The molecular weight excluding hydrogens is 456 g/mol. The van der Waals surface area contributed by atoms with Gasteiger partial charge in [-0.15, -0.1) is 0 Å². The van der Waals surface area contributed by atoms with Crippen LogP contribution in [0.15, 0.2) is 71.2 Å². The molecule has 0 radical (unpaired) electrons. The van der Waals surface area contributed by atoms with Crippen molar-refractivity contribution in [3.8, 4) is 23.4 Å². The highest BCUT2D eigenvalue weighted by Crippen LogP contribution is 2.27. The Labute approximate surface area is 208 Å². The number of nitriles is 1. The summed E-state index contributed by atoms with van der Waals surface area (Å²) in [5.74, 6) is 0.358. The molecule has 8 heteroatoms. The summed E-state index contributed by atoms with van der Waals surface area (Å²) in [5.41, 5.74) is 2.81. The van der Waals surface area contributed by atoms with Crippen LogP contribution in [0.2, 0.25) is 0 Å². The molecule has 8 nitrogen and oxygen atoms in total. The smallest absolute Gasteiger partial charge is 0.269 e. The van der Waals surface area contributed by atoms with Crippen molar-refractivity contribution in [3.63, 3.8) is 0 Å². The van der Waals surface area contributed by atoms with E-state index in [-0.39, 0.29) is 17.0 Å². The van der Waals surface area contributed by atoms with Crippen molar-refractivity contribution in [1.29, 1.82) is 5.26 Å². The Morgan fingerprint density at radius 1 is 1.06 bits per heavy atom. The minimum Gasteiger partial charge on any atom is -0.497 e. The van der Waals surface area contributed by atoms with E-state index in [4.69, 9.17) is 9.47 Å². The number of aryl methyl sites for hydroxylation is 3. The van der Waals surface area contributed by atoms with Gasteiger partial charge in [0.25, 0.3) is 11.5 Å². The van der Waals surface area contributed by atoms with Crippen LogP contribution in [-0.4, -0.2) is 22.4 Å². The number of carbonyl (C=O) groups excluding carboxylic acids is 1. The monoisotopic (exact) mass is 480 g/mol. The van der Waals surface area contributed by atoms with Crippen molar-refractivity contribution in [2.75, 3.05) is 12.4 Å². The average Bonchev–Trinajstić information content (AvgIpc) is 2.84. The van der Waals surface area contributed by atoms with E-state index in [1.165, 1.54) is 17.6 Å². The molecule has 4 rings (SSSR count). The summed E-state index contributed by atoms with van der Waals surface area (Å²) in [7, 11) is 1.51. The summed E-state index contributed by atoms with van der Waals surface area (Å²) in [6, 6.07) is 17.8. The Bertz CT molecular complexity index is 1590. The zero-order valence-corrected chi connectivity index (χ0v) is 20.3. The van der Waals surface area contributed by atoms with Crippen LogP contribution in [-0.2, 0) is 4.79 Å². The van der Waals surface area contributed by atoms with Gasteiger partial charge in [0, 0.05) is 18.0 Å². The van der Waals surface area contributed by atoms with E-state index >= 15 is 0 Å². The van der Waals surface area contributed by atoms with Gasteiger partial charge >= 0.3 is 0 Å². The summed E-state index contributed by atoms with van der Waals surface area (Å²) in [5, 5.41) is 12.4. The molecule has 0 saturated carbocycles. The fraction of sp³-hybridized carbons (Fsp3) is 0.143. The third kappa shape index (κ3) is 5.10. The van der Waals surface area contributed by atoms with Gasteiger partial charge in [0.1, 0.15) is 34.4 Å². The Balaban J connectivity index is 1.83. The van der Waals surface area contributed by atoms with E-state index in [9.17, 15) is 14.9 Å². The molecule has 4 aromatic rings. The summed E-state index contributed by atoms with van der Waals surface area (Å²) in [6.45, 7) is 5.70. The lowest BCUT2D eigenvalue weighted by Gasteiger charge is -2.12. The van der Waals surface area contributed by atoms with Crippen LogP contribution in [0.5, 0.6) is 17.4 Å². The maximum atomic E-state index is 13.5. The molecule has 0 spiro atoms. The number of aromatic nitrogens is 2. The lowest BCUT2D eigenvalue weighted by atomic mass is 10.1. The van der Waals surface area contributed by atoms with Crippen LogP contribution in [0.25, 0.3) is 11.7 Å². The molecule has 36 heavy (non-hydrogen) atoms. The van der Waals surface area contributed by atoms with Gasteiger partial charge in [-0.2, -0.15) is 10.2 Å². The molecule has 2 heterocycles. The van der Waals surface area contributed by atoms with Crippen molar-refractivity contribution >= 4 is 23.3 Å². The van der Waals surface area contributed by atoms with Gasteiger partial charge in [-0.25, -0.2) is 0 Å². The number of carbonyl (C=O) groups is 1. The molecule has 0 aliphatic carbocycles. The molecule has 0 aliphatic rings. The standard InChI is InChI=1S/C28H24N4O4/c1-17-11-18(2)13-23(12-17)36-27-24(28(34)32-10-6-7-19(3)25(32)31-27)14-20(16-29)26(33)30-21-8-5-9-22(15-21)35-4/h5-15H,1-4H3,(H,30,33)/b20-14-. The first kappa shape index (κ1) is 24.2. The predicted octanol–water partition coefficient (Wildman–Crippen LogP) is 4.97. The number of nitrogens with one attached hydrogen (secondary N) is 1. The number of ether oxygens (including phenoxy) is 2. The Kier molecular flexibility index (Phi) is 6.84. The molecule has 0 aliphatic heterocycles. The summed E-state index contributed by atoms with van der Waals surface area (Å²) >= 11 is 0. The number of anilines is 1. The maximum absolute atomic E-state index is 13.5. The Morgan fingerprint density at radius 2 is 1.81 bits per heavy atom. The van der Waals surface area contributed by atoms with E-state index in [2.05, 4.69) is 10.3 Å². The first-order chi connectivity index (χ1) is 17.3. The van der Waals surface area contributed by atoms with Gasteiger partial charge in [-0.05, 0) is 73.9 Å². The summed E-state index contributed by atoms with van der Waals surface area (Å²) in [4.78, 5) is 31.0. The summed E-state index contributed by atoms with van der Waals surface area (Å²) < 4.78 is 12.6. The van der Waals surface area contributed by atoms with Gasteiger partial charge in [0.2, 0.25) is 5.88 Å². The van der Waals surface area contributed by atoms with Crippen molar-refractivity contribution in [1.82, 2.24) is 9.38 Å². The quantitative estimate of drug-likeness (QED) is 0.309. The van der Waals surface area contributed by atoms with Gasteiger partial charge < -0.3 is 14.8 Å². The van der Waals surface area contributed by atoms with E-state index < -0.39 is 11.5 Å². The Hall–Kier alpha value is -4.90. The van der Waals surface area contributed by atoms with Crippen LogP contribution in [0.3, 0.4) is 0 Å². The topological polar surface area (TPSA) is 106 Å². The number of methoxy groups -OCH3 is 1. The van der Waals surface area contributed by atoms with Gasteiger partial charge in [0.15, 0.2) is 0 Å². The normalized spacial score (nSPS) is 11.1. The van der Waals surface area contributed by atoms with Crippen LogP contribution in [0, 0.1) is 32.1 Å². The molecule has 0 fully saturated rings. The first-order valence-electron chi connectivity index (χ1n) is 11.1.